The van der Waals surface area contributed by atoms with Crippen LogP contribution in [0.25, 0.3) is 0 Å². The third-order valence-corrected chi connectivity index (χ3v) is 3.65. The van der Waals surface area contributed by atoms with Crippen LogP contribution in [0.4, 0.5) is 0 Å². The van der Waals surface area contributed by atoms with Gasteiger partial charge in [-0.25, -0.2) is 0 Å². The van der Waals surface area contributed by atoms with E-state index in [0.717, 1.165) is 39.3 Å². The van der Waals surface area contributed by atoms with Crippen molar-refractivity contribution >= 4 is 11.6 Å². The lowest BCUT2D eigenvalue weighted by Gasteiger charge is -2.21. The second-order valence-electron chi connectivity index (χ2n) is 5.46. The van der Waals surface area contributed by atoms with Gasteiger partial charge >= 0.3 is 0 Å². The second-order valence-corrected chi connectivity index (χ2v) is 5.46. The highest BCUT2D eigenvalue weighted by Gasteiger charge is 2.43. The highest BCUT2D eigenvalue weighted by atomic mass is 16.1. The fourth-order valence-corrected chi connectivity index (χ4v) is 2.28. The summed E-state index contributed by atoms with van der Waals surface area (Å²) in [5.74, 6) is 0.0485. The van der Waals surface area contributed by atoms with E-state index in [1.165, 1.54) is 6.08 Å². The fraction of sp³-hybridized carbons (Fsp3) is 0.571. The number of hydrogen-bond acceptors (Lipinski definition) is 7. The zero-order valence-corrected chi connectivity index (χ0v) is 12.5. The summed E-state index contributed by atoms with van der Waals surface area (Å²) in [7, 11) is 0. The summed E-state index contributed by atoms with van der Waals surface area (Å²) in [6.07, 6.45) is 1.52. The van der Waals surface area contributed by atoms with E-state index in [0.29, 0.717) is 30.2 Å². The van der Waals surface area contributed by atoms with Crippen molar-refractivity contribution in [2.75, 3.05) is 52.4 Å². The quantitative estimate of drug-likeness (QED) is 0.426. The molecule has 4 rings (SSSR count). The van der Waals surface area contributed by atoms with Gasteiger partial charge in [0.25, 0.3) is 0 Å². The normalized spacial score (nSPS) is 21.9. The number of hydrogen-bond donors (Lipinski definition) is 2. The summed E-state index contributed by atoms with van der Waals surface area (Å²) >= 11 is 0. The molecule has 0 radical (unpaired) electrons. The predicted octanol–water partition coefficient (Wildman–Crippen LogP) is -2.74. The number of carbonyl (C=O) groups excluding carboxylic acids is 2. The van der Waals surface area contributed by atoms with Crippen LogP contribution in [0.1, 0.15) is 0 Å². The van der Waals surface area contributed by atoms with Gasteiger partial charge in [0, 0.05) is 58.4 Å². The molecule has 3 saturated heterocycles. The average Bonchev–Trinajstić information content (AvgIpc) is 3.30. The van der Waals surface area contributed by atoms with Crippen molar-refractivity contribution in [2.24, 2.45) is 11.5 Å². The van der Waals surface area contributed by atoms with Crippen LogP contribution in [-0.4, -0.2) is 84.1 Å². The van der Waals surface area contributed by atoms with Crippen LogP contribution < -0.4 is 11.5 Å². The van der Waals surface area contributed by atoms with Crippen LogP contribution in [0.2, 0.25) is 0 Å². The minimum absolute atomic E-state index is 0. The molecule has 0 aromatic rings. The molecule has 0 amide bonds. The molecule has 3 fully saturated rings. The minimum Gasteiger partial charge on any atom is -0.412 e. The zero-order chi connectivity index (χ0) is 15.0. The van der Waals surface area contributed by atoms with Crippen molar-refractivity contribution in [2.45, 2.75) is 0 Å². The van der Waals surface area contributed by atoms with Gasteiger partial charge in [0.2, 0.25) is 11.6 Å². The zero-order valence-electron chi connectivity index (χ0n) is 12.5. The first-order valence-corrected chi connectivity index (χ1v) is 7.37. The maximum absolute atomic E-state index is 12.4. The smallest absolute Gasteiger partial charge is 0.227 e. The van der Waals surface area contributed by atoms with Gasteiger partial charge in [-0.15, -0.1) is 0 Å². The van der Waals surface area contributed by atoms with Crippen molar-refractivity contribution < 1.29 is 15.1 Å². The van der Waals surface area contributed by atoms with Gasteiger partial charge in [0.15, 0.2) is 0 Å². The number of allylic oxidation sites excluding steroid dienone is 1. The fourth-order valence-electron chi connectivity index (χ4n) is 2.28. The maximum atomic E-state index is 12.4. The van der Waals surface area contributed by atoms with E-state index >= 15 is 0 Å². The molecule has 122 valence electrons. The Bertz CT molecular complexity index is 529. The predicted molar refractivity (Wildman–Crippen MR) is 81.6 cm³/mol. The molecule has 0 saturated carbocycles. The lowest BCUT2D eigenvalue weighted by molar-refractivity contribution is -0.117. The van der Waals surface area contributed by atoms with Crippen LogP contribution in [0.3, 0.4) is 0 Å². The summed E-state index contributed by atoms with van der Waals surface area (Å²) in [6, 6.07) is 0. The SMILES string of the molecule is NCCN.O.O=C1C=C(N2CC2)C(=O)C(N2CC2)=C1N1CC1. The standard InChI is InChI=1S/C12H13N3O2.C2H8N2.H2O/c16-9-7-8(13-1-2-13)12(17)11(15-5-6-15)10(9)14-3-4-14;3-1-2-4;/h7H,1-6H2;1-4H2;1H2. The monoisotopic (exact) mass is 309 g/mol. The molecule has 0 atom stereocenters. The lowest BCUT2D eigenvalue weighted by Crippen LogP contribution is -2.29. The Kier molecular flexibility index (Phi) is 4.84. The molecule has 8 heteroatoms. The number of ketones is 2. The Morgan fingerprint density at radius 3 is 1.68 bits per heavy atom. The molecule has 0 aromatic carbocycles. The molecule has 3 heterocycles. The van der Waals surface area contributed by atoms with Gasteiger partial charge in [-0.1, -0.05) is 0 Å². The van der Waals surface area contributed by atoms with E-state index in [1.54, 1.807) is 0 Å². The van der Waals surface area contributed by atoms with Crippen LogP contribution >= 0.6 is 0 Å². The van der Waals surface area contributed by atoms with Gasteiger partial charge in [-0.2, -0.15) is 0 Å². The maximum Gasteiger partial charge on any atom is 0.227 e. The molecule has 0 bridgehead atoms. The third-order valence-electron chi connectivity index (χ3n) is 3.65. The molecule has 1 aliphatic carbocycles. The van der Waals surface area contributed by atoms with Crippen molar-refractivity contribution in [3.8, 4) is 0 Å². The van der Waals surface area contributed by atoms with E-state index in [4.69, 9.17) is 11.5 Å². The Morgan fingerprint density at radius 2 is 1.27 bits per heavy atom. The second kappa shape index (κ2) is 6.47. The van der Waals surface area contributed by atoms with Crippen LogP contribution in [0.5, 0.6) is 0 Å². The molecule has 0 spiro atoms. The Balaban J connectivity index is 0.000000319. The van der Waals surface area contributed by atoms with Gasteiger partial charge < -0.3 is 31.6 Å². The molecule has 0 aromatic heterocycles. The van der Waals surface area contributed by atoms with Gasteiger partial charge in [-0.3, -0.25) is 9.59 Å². The first kappa shape index (κ1) is 16.5. The van der Waals surface area contributed by atoms with Gasteiger partial charge in [0.1, 0.15) is 11.4 Å². The van der Waals surface area contributed by atoms with Gasteiger partial charge in [0.05, 0.1) is 5.70 Å². The molecule has 8 nitrogen and oxygen atoms in total. The number of nitrogens with zero attached hydrogens (tertiary/aromatic N) is 3. The highest BCUT2D eigenvalue weighted by molar-refractivity contribution is 6.22. The lowest BCUT2D eigenvalue weighted by atomic mass is 10.0. The summed E-state index contributed by atoms with van der Waals surface area (Å²) < 4.78 is 0. The first-order chi connectivity index (χ1) is 10.2. The molecule has 3 aliphatic heterocycles. The van der Waals surface area contributed by atoms with Crippen LogP contribution in [0.15, 0.2) is 23.2 Å². The Hall–Kier alpha value is -1.90. The number of nitrogens with two attached hydrogens (primary N) is 2. The van der Waals surface area contributed by atoms with Crippen molar-refractivity contribution in [1.29, 1.82) is 0 Å². The summed E-state index contributed by atoms with van der Waals surface area (Å²) in [4.78, 5) is 30.5. The van der Waals surface area contributed by atoms with Crippen LogP contribution in [-0.2, 0) is 9.59 Å². The van der Waals surface area contributed by atoms with Crippen LogP contribution in [0, 0.1) is 0 Å². The topological polar surface area (TPSA) is 127 Å². The van der Waals surface area contributed by atoms with Crippen molar-refractivity contribution in [1.82, 2.24) is 14.7 Å². The van der Waals surface area contributed by atoms with E-state index < -0.39 is 0 Å². The van der Waals surface area contributed by atoms with E-state index in [1.807, 2.05) is 14.7 Å². The highest BCUT2D eigenvalue weighted by Crippen LogP contribution is 2.33. The largest absolute Gasteiger partial charge is 0.412 e. The van der Waals surface area contributed by atoms with E-state index in [-0.39, 0.29) is 17.0 Å². The molecule has 0 unspecified atom stereocenters. The van der Waals surface area contributed by atoms with Crippen molar-refractivity contribution in [3.05, 3.63) is 23.2 Å². The van der Waals surface area contributed by atoms with Crippen molar-refractivity contribution in [3.63, 3.8) is 0 Å². The molecule has 22 heavy (non-hydrogen) atoms. The number of Topliss-reactive ketones (excluding diaryl/α,β-unsaturated/α-hetero) is 1. The number of carbonyl (C=O) groups is 2. The Morgan fingerprint density at radius 1 is 0.818 bits per heavy atom. The average molecular weight is 309 g/mol. The summed E-state index contributed by atoms with van der Waals surface area (Å²) in [5, 5.41) is 0. The molecule has 6 N–H and O–H groups in total. The van der Waals surface area contributed by atoms with Gasteiger partial charge in [-0.05, 0) is 0 Å². The first-order valence-electron chi connectivity index (χ1n) is 7.37. The molecule has 4 aliphatic rings. The van der Waals surface area contributed by atoms with E-state index in [2.05, 4.69) is 0 Å². The van der Waals surface area contributed by atoms with E-state index in [9.17, 15) is 9.59 Å². The summed E-state index contributed by atoms with van der Waals surface area (Å²) in [5.41, 5.74) is 11.7. The Labute approximate surface area is 129 Å². The number of rotatable bonds is 4. The molecular weight excluding hydrogens is 286 g/mol. The third kappa shape index (κ3) is 3.29. The minimum atomic E-state index is 0. The summed E-state index contributed by atoms with van der Waals surface area (Å²) in [6.45, 7) is 6.60. The molecular formula is C14H23N5O3.